The largest absolute Gasteiger partial charge is 0.327 e. The van der Waals surface area contributed by atoms with Crippen LogP contribution in [0.2, 0.25) is 0 Å². The third-order valence-corrected chi connectivity index (χ3v) is 2.49. The van der Waals surface area contributed by atoms with Crippen molar-refractivity contribution in [3.05, 3.63) is 53.9 Å². The van der Waals surface area contributed by atoms with E-state index in [9.17, 15) is 4.39 Å². The molecule has 2 rings (SSSR count). The summed E-state index contributed by atoms with van der Waals surface area (Å²) in [5.74, 6) is -0.196. The van der Waals surface area contributed by atoms with E-state index in [1.165, 1.54) is 6.07 Å². The third kappa shape index (κ3) is 2.46. The average Bonchev–Trinajstić information content (AvgIpc) is 2.66. The normalized spacial score (nSPS) is 10.6. The van der Waals surface area contributed by atoms with Gasteiger partial charge in [0.05, 0.1) is 0 Å². The Bertz CT molecular complexity index is 465. The zero-order chi connectivity index (χ0) is 11.4. The molecule has 0 fully saturated rings. The van der Waals surface area contributed by atoms with Gasteiger partial charge in [0, 0.05) is 13.0 Å². The minimum absolute atomic E-state index is 0.196. The highest BCUT2D eigenvalue weighted by atomic mass is 19.1. The second-order valence-electron chi connectivity index (χ2n) is 3.72. The maximum Gasteiger partial charge on any atom is 0.241 e. The first-order valence-corrected chi connectivity index (χ1v) is 5.29. The molecule has 0 saturated heterocycles. The lowest BCUT2D eigenvalue weighted by atomic mass is 10.1. The summed E-state index contributed by atoms with van der Waals surface area (Å²) < 4.78 is 15.1. The van der Waals surface area contributed by atoms with E-state index in [4.69, 9.17) is 5.73 Å². The lowest BCUT2D eigenvalue weighted by molar-refractivity contribution is -0.699. The van der Waals surface area contributed by atoms with Gasteiger partial charge in [0.25, 0.3) is 0 Å². The van der Waals surface area contributed by atoms with E-state index >= 15 is 0 Å². The van der Waals surface area contributed by atoms with Crippen LogP contribution in [-0.2, 0) is 13.0 Å². The van der Waals surface area contributed by atoms with Gasteiger partial charge in [-0.3, -0.25) is 0 Å². The molecule has 1 heterocycles. The Morgan fingerprint density at radius 3 is 3.00 bits per heavy atom. The van der Waals surface area contributed by atoms with Crippen molar-refractivity contribution in [3.63, 3.8) is 0 Å². The molecule has 16 heavy (non-hydrogen) atoms. The summed E-state index contributed by atoms with van der Waals surface area (Å²) in [5.41, 5.74) is 7.58. The number of hydrogen-bond acceptors (Lipinski definition) is 1. The maximum absolute atomic E-state index is 13.0. The van der Waals surface area contributed by atoms with Crippen molar-refractivity contribution < 1.29 is 8.96 Å². The van der Waals surface area contributed by atoms with Crippen molar-refractivity contribution in [3.8, 4) is 0 Å². The standard InChI is InChI=1S/C12H14FN3/c13-11-3-1-2-10(6-11)7-12-8-15-9-16(12)5-4-14/h1-3,6,8-9H,4-5,7,14H2/p+1. The molecule has 0 amide bonds. The smallest absolute Gasteiger partial charge is 0.241 e. The molecule has 0 aliphatic heterocycles. The van der Waals surface area contributed by atoms with Crippen LogP contribution in [0.4, 0.5) is 4.39 Å². The van der Waals surface area contributed by atoms with Crippen LogP contribution in [0.1, 0.15) is 11.3 Å². The van der Waals surface area contributed by atoms with Crippen LogP contribution in [0.25, 0.3) is 0 Å². The fraction of sp³-hybridized carbons (Fsp3) is 0.250. The number of nitrogens with two attached hydrogens (primary N) is 1. The summed E-state index contributed by atoms with van der Waals surface area (Å²) in [4.78, 5) is 3.03. The Kier molecular flexibility index (Phi) is 3.31. The second-order valence-corrected chi connectivity index (χ2v) is 3.72. The Morgan fingerprint density at radius 2 is 2.25 bits per heavy atom. The highest BCUT2D eigenvalue weighted by molar-refractivity contribution is 5.20. The summed E-state index contributed by atoms with van der Waals surface area (Å²) in [6.45, 7) is 1.37. The molecule has 3 nitrogen and oxygen atoms in total. The SMILES string of the molecule is NCC[n+]1c[nH]cc1Cc1cccc(F)c1. The van der Waals surface area contributed by atoms with E-state index in [1.54, 1.807) is 12.1 Å². The molecular weight excluding hydrogens is 205 g/mol. The van der Waals surface area contributed by atoms with Crippen LogP contribution in [0, 0.1) is 5.82 Å². The van der Waals surface area contributed by atoms with Gasteiger partial charge >= 0.3 is 0 Å². The van der Waals surface area contributed by atoms with Crippen molar-refractivity contribution in [1.29, 1.82) is 0 Å². The lowest BCUT2D eigenvalue weighted by Gasteiger charge is -2.01. The van der Waals surface area contributed by atoms with Gasteiger partial charge in [0.15, 0.2) is 0 Å². The number of nitrogens with one attached hydrogen (secondary N) is 1. The molecule has 0 aliphatic rings. The minimum atomic E-state index is -0.196. The third-order valence-electron chi connectivity index (χ3n) is 2.49. The monoisotopic (exact) mass is 220 g/mol. The summed E-state index contributed by atoms with van der Waals surface area (Å²) in [6.07, 6.45) is 4.50. The van der Waals surface area contributed by atoms with Crippen molar-refractivity contribution in [2.45, 2.75) is 13.0 Å². The van der Waals surface area contributed by atoms with E-state index in [-0.39, 0.29) is 5.82 Å². The molecule has 0 saturated carbocycles. The van der Waals surface area contributed by atoms with Gasteiger partial charge in [-0.1, -0.05) is 12.1 Å². The molecule has 0 spiro atoms. The summed E-state index contributed by atoms with van der Waals surface area (Å²) >= 11 is 0. The number of benzene rings is 1. The Balaban J connectivity index is 2.17. The minimum Gasteiger partial charge on any atom is -0.327 e. The zero-order valence-corrected chi connectivity index (χ0v) is 8.99. The molecule has 0 aliphatic carbocycles. The van der Waals surface area contributed by atoms with Crippen LogP contribution >= 0.6 is 0 Å². The Labute approximate surface area is 93.7 Å². The van der Waals surface area contributed by atoms with Gasteiger partial charge in [-0.05, 0) is 17.7 Å². The fourth-order valence-corrected chi connectivity index (χ4v) is 1.75. The van der Waals surface area contributed by atoms with Crippen LogP contribution in [0.5, 0.6) is 0 Å². The topological polar surface area (TPSA) is 45.7 Å². The summed E-state index contributed by atoms with van der Waals surface area (Å²) in [7, 11) is 0. The first-order chi connectivity index (χ1) is 7.79. The summed E-state index contributed by atoms with van der Waals surface area (Å²) in [6, 6.07) is 6.65. The molecule has 0 atom stereocenters. The van der Waals surface area contributed by atoms with Crippen LogP contribution in [-0.4, -0.2) is 11.5 Å². The van der Waals surface area contributed by atoms with E-state index in [0.717, 1.165) is 17.8 Å². The molecule has 0 radical (unpaired) electrons. The summed E-state index contributed by atoms with van der Waals surface area (Å²) in [5, 5.41) is 0. The van der Waals surface area contributed by atoms with Crippen molar-refractivity contribution in [1.82, 2.24) is 4.98 Å². The predicted molar refractivity (Wildman–Crippen MR) is 59.2 cm³/mol. The number of imidazole rings is 1. The number of aromatic nitrogens is 2. The number of rotatable bonds is 4. The van der Waals surface area contributed by atoms with Gasteiger partial charge in [-0.2, -0.15) is 0 Å². The van der Waals surface area contributed by atoms with Crippen molar-refractivity contribution in [2.75, 3.05) is 6.54 Å². The van der Waals surface area contributed by atoms with E-state index in [1.807, 2.05) is 23.2 Å². The highest BCUT2D eigenvalue weighted by Gasteiger charge is 2.09. The highest BCUT2D eigenvalue weighted by Crippen LogP contribution is 2.07. The lowest BCUT2D eigenvalue weighted by Crippen LogP contribution is -2.39. The van der Waals surface area contributed by atoms with Crippen molar-refractivity contribution >= 4 is 0 Å². The average molecular weight is 220 g/mol. The Hall–Kier alpha value is -1.68. The quantitative estimate of drug-likeness (QED) is 0.742. The predicted octanol–water partition coefficient (Wildman–Crippen LogP) is 0.991. The van der Waals surface area contributed by atoms with Crippen molar-refractivity contribution in [2.24, 2.45) is 5.73 Å². The number of hydrogen-bond donors (Lipinski definition) is 2. The van der Waals surface area contributed by atoms with Gasteiger partial charge in [0.1, 0.15) is 24.3 Å². The van der Waals surface area contributed by atoms with Gasteiger partial charge in [-0.25, -0.2) is 13.9 Å². The molecule has 0 unspecified atom stereocenters. The number of aromatic amines is 1. The molecule has 2 aromatic rings. The van der Waals surface area contributed by atoms with Crippen LogP contribution in [0.15, 0.2) is 36.8 Å². The van der Waals surface area contributed by atoms with E-state index < -0.39 is 0 Å². The van der Waals surface area contributed by atoms with Crippen LogP contribution in [0.3, 0.4) is 0 Å². The van der Waals surface area contributed by atoms with Crippen LogP contribution < -0.4 is 10.3 Å². The zero-order valence-electron chi connectivity index (χ0n) is 8.99. The first-order valence-electron chi connectivity index (χ1n) is 5.29. The molecular formula is C12H15FN3+. The number of nitrogens with zero attached hydrogens (tertiary/aromatic N) is 1. The fourth-order valence-electron chi connectivity index (χ4n) is 1.75. The molecule has 4 heteroatoms. The van der Waals surface area contributed by atoms with E-state index in [0.29, 0.717) is 13.0 Å². The van der Waals surface area contributed by atoms with Gasteiger partial charge in [-0.15, -0.1) is 0 Å². The molecule has 0 bridgehead atoms. The van der Waals surface area contributed by atoms with Gasteiger partial charge < -0.3 is 5.73 Å². The molecule has 84 valence electrons. The molecule has 1 aromatic heterocycles. The Morgan fingerprint density at radius 1 is 1.38 bits per heavy atom. The van der Waals surface area contributed by atoms with E-state index in [2.05, 4.69) is 4.98 Å². The number of halogens is 1. The number of H-pyrrole nitrogens is 1. The molecule has 3 N–H and O–H groups in total. The first kappa shape index (κ1) is 10.8. The molecule has 1 aromatic carbocycles. The van der Waals surface area contributed by atoms with Gasteiger partial charge in [0.2, 0.25) is 6.33 Å². The maximum atomic E-state index is 13.0. The second kappa shape index (κ2) is 4.90.